The molecule has 0 aliphatic heterocycles. The molecule has 0 bridgehead atoms. The predicted octanol–water partition coefficient (Wildman–Crippen LogP) is 3.18. The average Bonchev–Trinajstić information content (AvgIpc) is 2.11. The first kappa shape index (κ1) is 10.9. The van der Waals surface area contributed by atoms with Crippen LogP contribution in [0.2, 0.25) is 0 Å². The Hall–Kier alpha value is -1.18. The van der Waals surface area contributed by atoms with Crippen molar-refractivity contribution in [2.45, 2.75) is 39.7 Å². The molecule has 0 fully saturated rings. The summed E-state index contributed by atoms with van der Waals surface area (Å²) in [6.07, 6.45) is 1.09. The van der Waals surface area contributed by atoms with Crippen LogP contribution in [0.5, 0.6) is 0 Å². The maximum Gasteiger partial charge on any atom is 0.0348 e. The van der Waals surface area contributed by atoms with Crippen LogP contribution in [0.25, 0.3) is 0 Å². The quantitative estimate of drug-likeness (QED) is 0.722. The molecule has 3 N–H and O–H groups in total. The van der Waals surface area contributed by atoms with E-state index >= 15 is 0 Å². The highest BCUT2D eigenvalue weighted by Crippen LogP contribution is 2.21. The zero-order valence-electron chi connectivity index (χ0n) is 9.52. The Balaban J connectivity index is 2.83. The van der Waals surface area contributed by atoms with E-state index in [1.165, 1.54) is 0 Å². The summed E-state index contributed by atoms with van der Waals surface area (Å²) in [5.41, 5.74) is 9.02. The number of hydrogen-bond donors (Lipinski definition) is 2. The minimum atomic E-state index is 0.141. The van der Waals surface area contributed by atoms with Gasteiger partial charge in [-0.25, -0.2) is 0 Å². The van der Waals surface area contributed by atoms with E-state index in [-0.39, 0.29) is 5.54 Å². The molecule has 0 radical (unpaired) electrons. The maximum atomic E-state index is 5.76. The summed E-state index contributed by atoms with van der Waals surface area (Å²) in [5, 5.41) is 3.48. The van der Waals surface area contributed by atoms with Gasteiger partial charge in [0.1, 0.15) is 0 Å². The molecule has 0 aliphatic rings. The first-order chi connectivity index (χ1) is 6.44. The van der Waals surface area contributed by atoms with Crippen LogP contribution >= 0.6 is 0 Å². The van der Waals surface area contributed by atoms with Crippen molar-refractivity contribution >= 4 is 11.4 Å². The van der Waals surface area contributed by atoms with E-state index in [1.807, 2.05) is 19.1 Å². The molecular formula is C12H20N2. The molecule has 14 heavy (non-hydrogen) atoms. The van der Waals surface area contributed by atoms with Crippen molar-refractivity contribution in [2.24, 2.45) is 0 Å². The van der Waals surface area contributed by atoms with Crippen LogP contribution in [0.4, 0.5) is 11.4 Å². The van der Waals surface area contributed by atoms with Crippen molar-refractivity contribution in [3.8, 4) is 0 Å². The smallest absolute Gasteiger partial charge is 0.0348 e. The fraction of sp³-hybridized carbons (Fsp3) is 0.500. The van der Waals surface area contributed by atoms with Crippen LogP contribution < -0.4 is 11.1 Å². The fourth-order valence-electron chi connectivity index (χ4n) is 1.23. The first-order valence-corrected chi connectivity index (χ1v) is 5.09. The Morgan fingerprint density at radius 3 is 2.50 bits per heavy atom. The minimum Gasteiger partial charge on any atom is -0.399 e. The number of nitrogen functional groups attached to an aromatic ring is 1. The van der Waals surface area contributed by atoms with Gasteiger partial charge in [0.15, 0.2) is 0 Å². The van der Waals surface area contributed by atoms with Gasteiger partial charge >= 0.3 is 0 Å². The third kappa shape index (κ3) is 2.66. The molecule has 1 aromatic carbocycles. The zero-order chi connectivity index (χ0) is 10.8. The van der Waals surface area contributed by atoms with Gasteiger partial charge in [-0.15, -0.1) is 0 Å². The Morgan fingerprint density at radius 1 is 1.36 bits per heavy atom. The van der Waals surface area contributed by atoms with Gasteiger partial charge in [0.25, 0.3) is 0 Å². The van der Waals surface area contributed by atoms with Gasteiger partial charge in [-0.3, -0.25) is 0 Å². The van der Waals surface area contributed by atoms with Crippen LogP contribution in [0, 0.1) is 6.92 Å². The van der Waals surface area contributed by atoms with E-state index in [9.17, 15) is 0 Å². The highest BCUT2D eigenvalue weighted by Gasteiger charge is 2.13. The molecule has 0 amide bonds. The van der Waals surface area contributed by atoms with Crippen LogP contribution in [0.3, 0.4) is 0 Å². The van der Waals surface area contributed by atoms with Gasteiger partial charge < -0.3 is 11.1 Å². The van der Waals surface area contributed by atoms with Gasteiger partial charge in [-0.2, -0.15) is 0 Å². The second-order valence-corrected chi connectivity index (χ2v) is 4.43. The van der Waals surface area contributed by atoms with Crippen LogP contribution in [-0.4, -0.2) is 5.54 Å². The number of benzene rings is 1. The molecule has 0 atom stereocenters. The lowest BCUT2D eigenvalue weighted by atomic mass is 10.0. The van der Waals surface area contributed by atoms with Crippen molar-refractivity contribution in [1.82, 2.24) is 0 Å². The summed E-state index contributed by atoms with van der Waals surface area (Å²) in [5.74, 6) is 0. The Morgan fingerprint density at radius 2 is 2.00 bits per heavy atom. The topological polar surface area (TPSA) is 38.0 Å². The van der Waals surface area contributed by atoms with E-state index in [4.69, 9.17) is 5.73 Å². The minimum absolute atomic E-state index is 0.141. The Kier molecular flexibility index (Phi) is 3.04. The Bertz CT molecular complexity index is 316. The molecule has 78 valence electrons. The lowest BCUT2D eigenvalue weighted by Crippen LogP contribution is -2.29. The highest BCUT2D eigenvalue weighted by molar-refractivity contribution is 5.57. The van der Waals surface area contributed by atoms with E-state index in [2.05, 4.69) is 32.2 Å². The zero-order valence-corrected chi connectivity index (χ0v) is 9.52. The van der Waals surface area contributed by atoms with Crippen molar-refractivity contribution in [3.05, 3.63) is 23.8 Å². The number of anilines is 2. The number of hydrogen-bond acceptors (Lipinski definition) is 2. The van der Waals surface area contributed by atoms with Gasteiger partial charge in [-0.1, -0.05) is 6.92 Å². The normalized spacial score (nSPS) is 11.4. The lowest BCUT2D eigenvalue weighted by Gasteiger charge is -2.26. The molecule has 0 saturated heterocycles. The molecule has 2 nitrogen and oxygen atoms in total. The number of rotatable bonds is 3. The van der Waals surface area contributed by atoms with Crippen molar-refractivity contribution in [2.75, 3.05) is 11.1 Å². The van der Waals surface area contributed by atoms with Gasteiger partial charge in [-0.05, 0) is 51.0 Å². The number of aryl methyl sites for hydroxylation is 1. The summed E-state index contributed by atoms with van der Waals surface area (Å²) in [6.45, 7) is 8.59. The van der Waals surface area contributed by atoms with Crippen LogP contribution in [0.1, 0.15) is 32.8 Å². The molecule has 1 rings (SSSR count). The molecule has 0 aliphatic carbocycles. The van der Waals surface area contributed by atoms with Crippen LogP contribution in [-0.2, 0) is 0 Å². The Labute approximate surface area is 86.5 Å². The summed E-state index contributed by atoms with van der Waals surface area (Å²) in [7, 11) is 0. The second kappa shape index (κ2) is 3.91. The van der Waals surface area contributed by atoms with Crippen molar-refractivity contribution in [1.29, 1.82) is 0 Å². The molecule has 0 heterocycles. The molecular weight excluding hydrogens is 172 g/mol. The second-order valence-electron chi connectivity index (χ2n) is 4.43. The van der Waals surface area contributed by atoms with E-state index in [1.54, 1.807) is 0 Å². The maximum absolute atomic E-state index is 5.76. The number of nitrogens with one attached hydrogen (secondary N) is 1. The standard InChI is InChI=1S/C12H20N2/c1-5-12(3,4)14-10-6-7-11(13)9(2)8-10/h6-8,14H,5,13H2,1-4H3. The third-order valence-corrected chi connectivity index (χ3v) is 2.64. The lowest BCUT2D eigenvalue weighted by molar-refractivity contribution is 0.547. The largest absolute Gasteiger partial charge is 0.399 e. The highest BCUT2D eigenvalue weighted by atomic mass is 15.0. The summed E-state index contributed by atoms with van der Waals surface area (Å²) >= 11 is 0. The fourth-order valence-corrected chi connectivity index (χ4v) is 1.23. The monoisotopic (exact) mass is 192 g/mol. The molecule has 0 spiro atoms. The van der Waals surface area contributed by atoms with E-state index < -0.39 is 0 Å². The average molecular weight is 192 g/mol. The first-order valence-electron chi connectivity index (χ1n) is 5.09. The molecule has 1 aromatic rings. The summed E-state index contributed by atoms with van der Waals surface area (Å²) < 4.78 is 0. The summed E-state index contributed by atoms with van der Waals surface area (Å²) in [4.78, 5) is 0. The van der Waals surface area contributed by atoms with Gasteiger partial charge in [0.05, 0.1) is 0 Å². The SMILES string of the molecule is CCC(C)(C)Nc1ccc(N)c(C)c1. The van der Waals surface area contributed by atoms with Crippen LogP contribution in [0.15, 0.2) is 18.2 Å². The molecule has 0 unspecified atom stereocenters. The third-order valence-electron chi connectivity index (χ3n) is 2.64. The summed E-state index contributed by atoms with van der Waals surface area (Å²) in [6, 6.07) is 6.07. The molecule has 2 heteroatoms. The number of nitrogens with two attached hydrogens (primary N) is 1. The van der Waals surface area contributed by atoms with Crippen molar-refractivity contribution in [3.63, 3.8) is 0 Å². The van der Waals surface area contributed by atoms with Gasteiger partial charge in [0.2, 0.25) is 0 Å². The van der Waals surface area contributed by atoms with E-state index in [0.717, 1.165) is 23.4 Å². The predicted molar refractivity (Wildman–Crippen MR) is 63.6 cm³/mol. The van der Waals surface area contributed by atoms with Gasteiger partial charge in [0, 0.05) is 16.9 Å². The van der Waals surface area contributed by atoms with E-state index in [0.29, 0.717) is 0 Å². The molecule has 0 aromatic heterocycles. The van der Waals surface area contributed by atoms with Crippen molar-refractivity contribution < 1.29 is 0 Å². The molecule has 0 saturated carbocycles.